The lowest BCUT2D eigenvalue weighted by Gasteiger charge is -2.61. The molecule has 6 fully saturated rings. The summed E-state index contributed by atoms with van der Waals surface area (Å²) in [4.78, 5) is 0. The van der Waals surface area contributed by atoms with Gasteiger partial charge in [-0.1, -0.05) is 27.7 Å². The molecule has 1 unspecified atom stereocenters. The quantitative estimate of drug-likeness (QED) is 0.579. The van der Waals surface area contributed by atoms with Gasteiger partial charge in [-0.2, -0.15) is 0 Å². The van der Waals surface area contributed by atoms with Gasteiger partial charge in [0, 0.05) is 12.3 Å². The Balaban J connectivity index is 1.26. The van der Waals surface area contributed by atoms with Crippen LogP contribution < -0.4 is 0 Å². The maximum atomic E-state index is 10.6. The van der Waals surface area contributed by atoms with E-state index in [1.807, 2.05) is 0 Å². The molecule has 0 radical (unpaired) electrons. The highest BCUT2D eigenvalue weighted by Gasteiger charge is 2.69. The van der Waals surface area contributed by atoms with E-state index in [1.165, 1.54) is 38.5 Å². The highest BCUT2D eigenvalue weighted by atomic mass is 16.7. The fourth-order valence-corrected chi connectivity index (χ4v) is 10.3. The van der Waals surface area contributed by atoms with E-state index in [1.54, 1.807) is 0 Å². The SMILES string of the molecule is C[C@@H]1CCC2(OC1)O[C@H]1C[C@H]3[C@@H]4CC[C@@H]5C[C@H](O)[C@@H](O)C[C@]5(C)[C@H]4CC[C@]3(C)[C@H]1[C@@H]2C. The number of rotatable bonds is 0. The van der Waals surface area contributed by atoms with Crippen LogP contribution in [-0.4, -0.2) is 40.9 Å². The molecular weight excluding hydrogens is 388 g/mol. The largest absolute Gasteiger partial charge is 0.390 e. The Kier molecular flexibility index (Phi) is 4.78. The van der Waals surface area contributed by atoms with Crippen molar-refractivity contribution in [3.05, 3.63) is 0 Å². The molecule has 13 atom stereocenters. The van der Waals surface area contributed by atoms with Crippen molar-refractivity contribution in [1.29, 1.82) is 0 Å². The van der Waals surface area contributed by atoms with Crippen molar-refractivity contribution >= 4 is 0 Å². The first-order valence-electron chi connectivity index (χ1n) is 13.4. The number of aliphatic hydroxyl groups is 2. The summed E-state index contributed by atoms with van der Waals surface area (Å²) >= 11 is 0. The molecule has 0 aromatic rings. The Morgan fingerprint density at radius 2 is 1.65 bits per heavy atom. The average Bonchev–Trinajstić information content (AvgIpc) is 3.16. The van der Waals surface area contributed by atoms with E-state index in [0.29, 0.717) is 41.1 Å². The molecule has 176 valence electrons. The molecule has 2 aliphatic heterocycles. The molecule has 31 heavy (non-hydrogen) atoms. The summed E-state index contributed by atoms with van der Waals surface area (Å²) in [5, 5.41) is 20.9. The zero-order valence-electron chi connectivity index (χ0n) is 20.1. The van der Waals surface area contributed by atoms with Gasteiger partial charge in [-0.3, -0.25) is 0 Å². The maximum Gasteiger partial charge on any atom is 0.171 e. The van der Waals surface area contributed by atoms with E-state index < -0.39 is 12.2 Å². The maximum absolute atomic E-state index is 10.6. The fourth-order valence-electron chi connectivity index (χ4n) is 10.3. The summed E-state index contributed by atoms with van der Waals surface area (Å²) in [6.45, 7) is 10.6. The van der Waals surface area contributed by atoms with Gasteiger partial charge in [0.2, 0.25) is 0 Å². The first-order valence-corrected chi connectivity index (χ1v) is 13.4. The predicted octanol–water partition coefficient (Wildman–Crippen LogP) is 4.76. The Hall–Kier alpha value is -0.160. The second-order valence-corrected chi connectivity index (χ2v) is 13.2. The second kappa shape index (κ2) is 6.93. The third-order valence-corrected chi connectivity index (χ3v) is 12.0. The summed E-state index contributed by atoms with van der Waals surface area (Å²) in [5.41, 5.74) is 0.550. The summed E-state index contributed by atoms with van der Waals surface area (Å²) in [5.74, 6) is 4.21. The van der Waals surface area contributed by atoms with Crippen LogP contribution in [0.4, 0.5) is 0 Å². The number of ether oxygens (including phenoxy) is 2. The molecule has 4 saturated carbocycles. The molecule has 0 aromatic heterocycles. The van der Waals surface area contributed by atoms with Crippen molar-refractivity contribution < 1.29 is 19.7 Å². The summed E-state index contributed by atoms with van der Waals surface area (Å²) in [6.07, 6.45) is 9.51. The van der Waals surface area contributed by atoms with Crippen LogP contribution in [0.3, 0.4) is 0 Å². The van der Waals surface area contributed by atoms with Gasteiger partial charge in [-0.15, -0.1) is 0 Å². The van der Waals surface area contributed by atoms with Crippen molar-refractivity contribution in [2.75, 3.05) is 6.61 Å². The molecule has 0 aromatic carbocycles. The van der Waals surface area contributed by atoms with Gasteiger partial charge < -0.3 is 19.7 Å². The summed E-state index contributed by atoms with van der Waals surface area (Å²) in [6, 6.07) is 0. The lowest BCUT2D eigenvalue weighted by molar-refractivity contribution is -0.273. The van der Waals surface area contributed by atoms with E-state index in [-0.39, 0.29) is 11.2 Å². The lowest BCUT2D eigenvalue weighted by Crippen LogP contribution is -2.57. The number of fused-ring (bicyclic) bond motifs is 7. The third-order valence-electron chi connectivity index (χ3n) is 12.0. The minimum absolute atomic E-state index is 0.191. The Morgan fingerprint density at radius 3 is 2.39 bits per heavy atom. The van der Waals surface area contributed by atoms with E-state index in [4.69, 9.17) is 9.47 Å². The molecule has 2 saturated heterocycles. The highest BCUT2D eigenvalue weighted by molar-refractivity contribution is 5.15. The first kappa shape index (κ1) is 21.4. The van der Waals surface area contributed by atoms with Crippen LogP contribution in [0.5, 0.6) is 0 Å². The van der Waals surface area contributed by atoms with Crippen molar-refractivity contribution in [3.63, 3.8) is 0 Å². The topological polar surface area (TPSA) is 58.9 Å². The summed E-state index contributed by atoms with van der Waals surface area (Å²) < 4.78 is 13.3. The van der Waals surface area contributed by atoms with Crippen molar-refractivity contribution in [3.8, 4) is 0 Å². The van der Waals surface area contributed by atoms with Gasteiger partial charge >= 0.3 is 0 Å². The van der Waals surface area contributed by atoms with Crippen molar-refractivity contribution in [1.82, 2.24) is 0 Å². The van der Waals surface area contributed by atoms with Crippen LogP contribution in [0.2, 0.25) is 0 Å². The van der Waals surface area contributed by atoms with Crippen LogP contribution in [0.15, 0.2) is 0 Å². The van der Waals surface area contributed by atoms with Gasteiger partial charge in [-0.25, -0.2) is 0 Å². The van der Waals surface area contributed by atoms with E-state index in [9.17, 15) is 10.2 Å². The van der Waals surface area contributed by atoms with Crippen LogP contribution in [0.25, 0.3) is 0 Å². The first-order chi connectivity index (χ1) is 14.7. The fraction of sp³-hybridized carbons (Fsp3) is 1.00. The van der Waals surface area contributed by atoms with Gasteiger partial charge in [0.15, 0.2) is 5.79 Å². The molecular formula is C27H44O4. The molecule has 2 N–H and O–H groups in total. The standard InChI is InChI=1S/C27H44O4/c1-15-7-10-27(30-14-15)16(2)24-23(31-27)12-20-18-6-5-17-11-21(28)22(29)13-26(17,4)19(18)8-9-25(20,24)3/h15-24,28-29H,5-14H2,1-4H3/t15-,16+,17-,18-,19+,20+,21+,22+,23+,24+,25+,26+,27?/m1/s1. The van der Waals surface area contributed by atoms with E-state index >= 15 is 0 Å². The van der Waals surface area contributed by atoms with Crippen LogP contribution in [0, 0.1) is 52.3 Å². The molecule has 6 rings (SSSR count). The van der Waals surface area contributed by atoms with Gasteiger partial charge in [0.1, 0.15) is 0 Å². The second-order valence-electron chi connectivity index (χ2n) is 13.2. The normalized spacial score (nSPS) is 63.3. The molecule has 1 spiro atoms. The summed E-state index contributed by atoms with van der Waals surface area (Å²) in [7, 11) is 0. The average molecular weight is 433 g/mol. The Morgan fingerprint density at radius 1 is 0.839 bits per heavy atom. The molecule has 4 aliphatic carbocycles. The number of hydrogen-bond donors (Lipinski definition) is 2. The van der Waals surface area contributed by atoms with Crippen molar-refractivity contribution in [2.45, 2.75) is 110 Å². The highest BCUT2D eigenvalue weighted by Crippen LogP contribution is 2.71. The monoisotopic (exact) mass is 432 g/mol. The lowest BCUT2D eigenvalue weighted by atomic mass is 9.44. The van der Waals surface area contributed by atoms with Gasteiger partial charge in [0.25, 0.3) is 0 Å². The van der Waals surface area contributed by atoms with Crippen LogP contribution >= 0.6 is 0 Å². The minimum Gasteiger partial charge on any atom is -0.390 e. The minimum atomic E-state index is -0.537. The third kappa shape index (κ3) is 2.80. The van der Waals surface area contributed by atoms with Gasteiger partial charge in [0.05, 0.1) is 24.9 Å². The zero-order valence-corrected chi connectivity index (χ0v) is 20.1. The Labute approximate surface area is 188 Å². The van der Waals surface area contributed by atoms with E-state index in [2.05, 4.69) is 27.7 Å². The molecule has 0 amide bonds. The molecule has 2 heterocycles. The Bertz CT molecular complexity index is 716. The number of hydrogen-bond acceptors (Lipinski definition) is 4. The van der Waals surface area contributed by atoms with Crippen LogP contribution in [0.1, 0.15) is 85.5 Å². The molecule has 4 nitrogen and oxygen atoms in total. The number of aliphatic hydroxyl groups excluding tert-OH is 2. The van der Waals surface area contributed by atoms with E-state index in [0.717, 1.165) is 37.7 Å². The van der Waals surface area contributed by atoms with Crippen molar-refractivity contribution in [2.24, 2.45) is 52.3 Å². The molecule has 0 bridgehead atoms. The molecule has 4 heteroatoms. The predicted molar refractivity (Wildman–Crippen MR) is 119 cm³/mol. The van der Waals surface area contributed by atoms with Gasteiger partial charge in [-0.05, 0) is 97.7 Å². The van der Waals surface area contributed by atoms with Crippen LogP contribution in [-0.2, 0) is 9.47 Å². The smallest absolute Gasteiger partial charge is 0.171 e. The molecule has 6 aliphatic rings. The zero-order chi connectivity index (χ0) is 21.8.